The quantitative estimate of drug-likeness (QED) is 0.809. The summed E-state index contributed by atoms with van der Waals surface area (Å²) in [6, 6.07) is 0.697. The molecular formula is C17H32N2O3. The van der Waals surface area contributed by atoms with Gasteiger partial charge in [-0.2, -0.15) is 0 Å². The molecule has 0 aliphatic heterocycles. The van der Waals surface area contributed by atoms with Gasteiger partial charge in [0.2, 0.25) is 0 Å². The molecule has 5 nitrogen and oxygen atoms in total. The van der Waals surface area contributed by atoms with Gasteiger partial charge in [0.05, 0.1) is 6.61 Å². The molecule has 0 heterocycles. The van der Waals surface area contributed by atoms with Crippen LogP contribution in [-0.4, -0.2) is 35.6 Å². The van der Waals surface area contributed by atoms with Gasteiger partial charge in [0.1, 0.15) is 0 Å². The van der Waals surface area contributed by atoms with E-state index in [1.165, 1.54) is 71.1 Å². The van der Waals surface area contributed by atoms with Crippen molar-refractivity contribution in [1.82, 2.24) is 4.90 Å². The minimum Gasteiger partial charge on any atom is -0.466 e. The number of esters is 1. The van der Waals surface area contributed by atoms with Crippen molar-refractivity contribution in [3.63, 3.8) is 0 Å². The van der Waals surface area contributed by atoms with E-state index in [2.05, 4.69) is 4.74 Å². The minimum atomic E-state index is -0.211. The van der Waals surface area contributed by atoms with Crippen LogP contribution in [-0.2, 0) is 9.53 Å². The van der Waals surface area contributed by atoms with Gasteiger partial charge in [-0.05, 0) is 32.6 Å². The first kappa shape index (κ1) is 18.8. The number of carbonyl (C=O) groups is 2. The first-order valence-electron chi connectivity index (χ1n) is 8.77. The highest BCUT2D eigenvalue weighted by Gasteiger charge is 2.30. The molecule has 0 unspecified atom stereocenters. The zero-order valence-electron chi connectivity index (χ0n) is 14.2. The van der Waals surface area contributed by atoms with E-state index in [0.717, 1.165) is 0 Å². The molecule has 0 aromatic heterocycles. The molecule has 128 valence electrons. The Morgan fingerprint density at radius 3 is 1.59 bits per heavy atom. The van der Waals surface area contributed by atoms with Crippen LogP contribution in [0.15, 0.2) is 0 Å². The molecule has 0 saturated heterocycles. The van der Waals surface area contributed by atoms with Crippen LogP contribution in [0.5, 0.6) is 0 Å². The number of carbonyl (C=O) groups excluding carboxylic acids is 2. The number of primary amides is 1. The minimum absolute atomic E-state index is 0.182. The van der Waals surface area contributed by atoms with Gasteiger partial charge in [-0.25, -0.2) is 4.79 Å². The first-order chi connectivity index (χ1) is 10.6. The van der Waals surface area contributed by atoms with Crippen LogP contribution < -0.4 is 5.73 Å². The molecule has 0 radical (unpaired) electrons. The van der Waals surface area contributed by atoms with Crippen molar-refractivity contribution in [3.05, 3.63) is 0 Å². The van der Waals surface area contributed by atoms with Gasteiger partial charge < -0.3 is 15.4 Å². The monoisotopic (exact) mass is 312 g/mol. The molecule has 0 spiro atoms. The van der Waals surface area contributed by atoms with E-state index in [4.69, 9.17) is 5.73 Å². The molecule has 2 amide bonds. The average Bonchev–Trinajstić information content (AvgIpc) is 2.50. The second-order valence-electron chi connectivity index (χ2n) is 6.25. The van der Waals surface area contributed by atoms with Gasteiger partial charge in [0.15, 0.2) is 0 Å². The zero-order valence-corrected chi connectivity index (χ0v) is 14.2. The van der Waals surface area contributed by atoms with Crippen molar-refractivity contribution in [2.45, 2.75) is 90.1 Å². The smallest absolute Gasteiger partial charge is 0.315 e. The van der Waals surface area contributed by atoms with Gasteiger partial charge >= 0.3 is 12.0 Å². The highest BCUT2D eigenvalue weighted by Crippen LogP contribution is 2.29. The lowest BCUT2D eigenvalue weighted by Crippen LogP contribution is -2.51. The molecule has 2 rings (SSSR count). The summed E-state index contributed by atoms with van der Waals surface area (Å²) in [5, 5.41) is 0. The summed E-state index contributed by atoms with van der Waals surface area (Å²) >= 11 is 0. The van der Waals surface area contributed by atoms with E-state index < -0.39 is 0 Å². The maximum Gasteiger partial charge on any atom is 0.315 e. The topological polar surface area (TPSA) is 72.6 Å². The SMILES string of the molecule is CCOC(C)=O.NC(=O)N(C1CCCCC1)C1CCCCC1. The summed E-state index contributed by atoms with van der Waals surface area (Å²) in [7, 11) is 0. The summed E-state index contributed by atoms with van der Waals surface area (Å²) in [5.74, 6) is -0.211. The second-order valence-corrected chi connectivity index (χ2v) is 6.25. The predicted molar refractivity (Wildman–Crippen MR) is 87.5 cm³/mol. The van der Waals surface area contributed by atoms with Crippen LogP contribution >= 0.6 is 0 Å². The molecule has 2 aliphatic carbocycles. The predicted octanol–water partition coefficient (Wildman–Crippen LogP) is 3.60. The largest absolute Gasteiger partial charge is 0.466 e. The number of nitrogens with two attached hydrogens (primary N) is 1. The van der Waals surface area contributed by atoms with Gasteiger partial charge in [0, 0.05) is 19.0 Å². The Balaban J connectivity index is 0.000000346. The highest BCUT2D eigenvalue weighted by atomic mass is 16.5. The molecule has 0 atom stereocenters. The molecular weight excluding hydrogens is 280 g/mol. The molecule has 2 fully saturated rings. The van der Waals surface area contributed by atoms with Crippen LogP contribution in [0.2, 0.25) is 0 Å². The maximum atomic E-state index is 11.6. The Labute approximate surface area is 134 Å². The van der Waals surface area contributed by atoms with E-state index in [0.29, 0.717) is 18.7 Å². The van der Waals surface area contributed by atoms with E-state index in [1.54, 1.807) is 6.92 Å². The van der Waals surface area contributed by atoms with Crippen molar-refractivity contribution >= 4 is 12.0 Å². The molecule has 2 saturated carbocycles. The number of urea groups is 1. The van der Waals surface area contributed by atoms with Crippen LogP contribution in [0.3, 0.4) is 0 Å². The number of hydrogen-bond donors (Lipinski definition) is 1. The number of rotatable bonds is 3. The fourth-order valence-corrected chi connectivity index (χ4v) is 3.58. The van der Waals surface area contributed by atoms with Gasteiger partial charge in [-0.3, -0.25) is 4.79 Å². The molecule has 2 N–H and O–H groups in total. The van der Waals surface area contributed by atoms with Gasteiger partial charge in [-0.1, -0.05) is 38.5 Å². The molecule has 2 aliphatic rings. The van der Waals surface area contributed by atoms with Crippen molar-refractivity contribution in [2.24, 2.45) is 5.73 Å². The Kier molecular flexibility index (Phi) is 8.94. The molecule has 22 heavy (non-hydrogen) atoms. The maximum absolute atomic E-state index is 11.6. The normalized spacial score (nSPS) is 19.7. The Morgan fingerprint density at radius 1 is 0.955 bits per heavy atom. The standard InChI is InChI=1S/C13H24N2O.C4H8O2/c14-13(16)15(11-7-3-1-4-8-11)12-9-5-2-6-10-12;1-3-6-4(2)5/h11-12H,1-10H2,(H2,14,16);3H2,1-2H3. The molecule has 0 aromatic rings. The second kappa shape index (κ2) is 10.5. The number of hydrogen-bond acceptors (Lipinski definition) is 3. The Bertz CT molecular complexity index is 317. The van der Waals surface area contributed by atoms with Crippen LogP contribution in [0.1, 0.15) is 78.1 Å². The lowest BCUT2D eigenvalue weighted by molar-refractivity contribution is -0.140. The molecule has 5 heteroatoms. The summed E-state index contributed by atoms with van der Waals surface area (Å²) in [4.78, 5) is 23.5. The fraction of sp³-hybridized carbons (Fsp3) is 0.882. The Hall–Kier alpha value is -1.26. The lowest BCUT2D eigenvalue weighted by atomic mass is 9.89. The van der Waals surface area contributed by atoms with E-state index in [1.807, 2.05) is 4.90 Å². The molecule has 0 bridgehead atoms. The fourth-order valence-electron chi connectivity index (χ4n) is 3.58. The van der Waals surface area contributed by atoms with Crippen molar-refractivity contribution < 1.29 is 14.3 Å². The third kappa shape index (κ3) is 6.67. The van der Waals surface area contributed by atoms with Gasteiger partial charge in [-0.15, -0.1) is 0 Å². The van der Waals surface area contributed by atoms with Crippen molar-refractivity contribution in [1.29, 1.82) is 0 Å². The highest BCUT2D eigenvalue weighted by molar-refractivity contribution is 5.72. The first-order valence-corrected chi connectivity index (χ1v) is 8.77. The van der Waals surface area contributed by atoms with Crippen LogP contribution in [0, 0.1) is 0 Å². The van der Waals surface area contributed by atoms with E-state index >= 15 is 0 Å². The third-order valence-electron chi connectivity index (χ3n) is 4.54. The van der Waals surface area contributed by atoms with Crippen LogP contribution in [0.4, 0.5) is 4.79 Å². The molecule has 0 aromatic carbocycles. The summed E-state index contributed by atoms with van der Waals surface area (Å²) < 4.78 is 4.40. The summed E-state index contributed by atoms with van der Waals surface area (Å²) in [5.41, 5.74) is 5.59. The summed E-state index contributed by atoms with van der Waals surface area (Å²) in [6.45, 7) is 3.65. The third-order valence-corrected chi connectivity index (χ3v) is 4.54. The van der Waals surface area contributed by atoms with Crippen LogP contribution in [0.25, 0.3) is 0 Å². The average molecular weight is 312 g/mol. The van der Waals surface area contributed by atoms with Gasteiger partial charge in [0.25, 0.3) is 0 Å². The number of amides is 2. The summed E-state index contributed by atoms with van der Waals surface area (Å²) in [6.07, 6.45) is 12.4. The number of ether oxygens (including phenoxy) is 1. The lowest BCUT2D eigenvalue weighted by Gasteiger charge is -2.40. The van der Waals surface area contributed by atoms with Crippen molar-refractivity contribution in [2.75, 3.05) is 6.61 Å². The number of nitrogens with zero attached hydrogens (tertiary/aromatic N) is 1. The Morgan fingerprint density at radius 2 is 1.36 bits per heavy atom. The zero-order chi connectivity index (χ0) is 16.4. The van der Waals surface area contributed by atoms with E-state index in [9.17, 15) is 9.59 Å². The van der Waals surface area contributed by atoms with E-state index in [-0.39, 0.29) is 12.0 Å². The van der Waals surface area contributed by atoms with Crippen molar-refractivity contribution in [3.8, 4) is 0 Å².